The zero-order valence-electron chi connectivity index (χ0n) is 10.1. The van der Waals surface area contributed by atoms with Crippen molar-refractivity contribution in [3.63, 3.8) is 0 Å². The minimum atomic E-state index is -0.437. The van der Waals surface area contributed by atoms with E-state index in [4.69, 9.17) is 0 Å². The molecule has 0 heterocycles. The Morgan fingerprint density at radius 3 is 2.65 bits per heavy atom. The summed E-state index contributed by atoms with van der Waals surface area (Å²) in [5.41, 5.74) is 1.20. The maximum absolute atomic E-state index is 13.7. The Morgan fingerprint density at radius 2 is 2.05 bits per heavy atom. The van der Waals surface area contributed by atoms with Crippen LogP contribution in [0.1, 0.15) is 11.1 Å². The number of hydrogen-bond donors (Lipinski definition) is 1. The van der Waals surface area contributed by atoms with Crippen LogP contribution in [0.5, 0.6) is 5.75 Å². The van der Waals surface area contributed by atoms with Gasteiger partial charge in [-0.2, -0.15) is 5.26 Å². The van der Waals surface area contributed by atoms with Crippen LogP contribution >= 0.6 is 38.5 Å². The minimum absolute atomic E-state index is 0.146. The number of aromatic hydroxyl groups is 1. The molecular weight excluding hydrogens is 436 g/mol. The predicted octanol–water partition coefficient (Wildman–Crippen LogP) is 4.96. The average molecular weight is 444 g/mol. The first-order valence-electron chi connectivity index (χ1n) is 5.57. The summed E-state index contributed by atoms with van der Waals surface area (Å²) >= 11 is 5.23. The average Bonchev–Trinajstić information content (AvgIpc) is 2.43. The molecule has 0 fully saturated rings. The summed E-state index contributed by atoms with van der Waals surface area (Å²) in [6.45, 7) is 0. The van der Waals surface area contributed by atoms with Gasteiger partial charge in [-0.25, -0.2) is 4.39 Å². The second-order valence-corrected chi connectivity index (χ2v) is 6.00. The van der Waals surface area contributed by atoms with E-state index < -0.39 is 5.82 Å². The number of rotatable bonds is 2. The quantitative estimate of drug-likeness (QED) is 0.405. The van der Waals surface area contributed by atoms with Gasteiger partial charge in [0.15, 0.2) is 0 Å². The van der Waals surface area contributed by atoms with Crippen molar-refractivity contribution in [2.75, 3.05) is 0 Å². The smallest absolute Gasteiger partial charge is 0.143 e. The van der Waals surface area contributed by atoms with Crippen LogP contribution in [0, 0.1) is 20.7 Å². The van der Waals surface area contributed by atoms with Crippen molar-refractivity contribution < 1.29 is 9.50 Å². The van der Waals surface area contributed by atoms with Gasteiger partial charge in [-0.3, -0.25) is 0 Å². The van der Waals surface area contributed by atoms with Crippen molar-refractivity contribution in [1.82, 2.24) is 0 Å². The molecule has 0 aliphatic heterocycles. The third kappa shape index (κ3) is 3.19. The summed E-state index contributed by atoms with van der Waals surface area (Å²) in [6.07, 6.45) is 1.59. The summed E-state index contributed by atoms with van der Waals surface area (Å²) in [6, 6.07) is 11.5. The Kier molecular flexibility index (Phi) is 4.78. The maximum Gasteiger partial charge on any atom is 0.143 e. The van der Waals surface area contributed by atoms with Gasteiger partial charge in [0, 0.05) is 5.56 Å². The number of allylic oxidation sites excluding steroid dienone is 1. The lowest BCUT2D eigenvalue weighted by Crippen LogP contribution is -1.88. The van der Waals surface area contributed by atoms with Crippen molar-refractivity contribution in [1.29, 1.82) is 5.26 Å². The Hall–Kier alpha value is -1.39. The van der Waals surface area contributed by atoms with E-state index in [1.165, 1.54) is 6.07 Å². The van der Waals surface area contributed by atoms with Gasteiger partial charge in [0.2, 0.25) is 0 Å². The number of phenolic OH excluding ortho intramolecular Hbond substituents is 1. The van der Waals surface area contributed by atoms with Crippen molar-refractivity contribution in [2.24, 2.45) is 0 Å². The summed E-state index contributed by atoms with van der Waals surface area (Å²) in [5, 5.41) is 18.9. The molecular formula is C15H8BrFINO. The molecule has 0 unspecified atom stereocenters. The molecule has 0 spiro atoms. The SMILES string of the molecule is N#CC(=Cc1cc(Br)c(O)c(I)c1)c1ccccc1F. The first-order valence-corrected chi connectivity index (χ1v) is 7.45. The molecule has 2 aromatic rings. The summed E-state index contributed by atoms with van der Waals surface area (Å²) in [7, 11) is 0. The van der Waals surface area contributed by atoms with Crippen molar-refractivity contribution in [2.45, 2.75) is 0 Å². The van der Waals surface area contributed by atoms with Crippen LogP contribution in [-0.2, 0) is 0 Å². The van der Waals surface area contributed by atoms with Gasteiger partial charge >= 0.3 is 0 Å². The summed E-state index contributed by atoms with van der Waals surface area (Å²) in [4.78, 5) is 0. The van der Waals surface area contributed by atoms with Crippen LogP contribution in [0.4, 0.5) is 4.39 Å². The lowest BCUT2D eigenvalue weighted by atomic mass is 10.0. The maximum atomic E-state index is 13.7. The molecule has 0 atom stereocenters. The molecule has 0 aliphatic carbocycles. The van der Waals surface area contributed by atoms with E-state index in [1.54, 1.807) is 36.4 Å². The molecule has 0 saturated carbocycles. The molecule has 5 heteroatoms. The van der Waals surface area contributed by atoms with Crippen molar-refractivity contribution in [3.8, 4) is 11.8 Å². The van der Waals surface area contributed by atoms with E-state index in [9.17, 15) is 14.8 Å². The first kappa shape index (κ1) is 15.0. The van der Waals surface area contributed by atoms with Gasteiger partial charge in [-0.05, 0) is 68.4 Å². The standard InChI is InChI=1S/C15H8BrFINO/c16-12-6-9(7-14(18)15(12)20)5-10(8-19)11-3-1-2-4-13(11)17/h1-7,20H. The number of halogens is 3. The van der Waals surface area contributed by atoms with E-state index >= 15 is 0 Å². The molecule has 1 N–H and O–H groups in total. The van der Waals surface area contributed by atoms with Gasteiger partial charge in [-0.15, -0.1) is 0 Å². The zero-order chi connectivity index (χ0) is 14.7. The highest BCUT2D eigenvalue weighted by Gasteiger charge is 2.09. The normalized spacial score (nSPS) is 11.2. The van der Waals surface area contributed by atoms with Gasteiger partial charge in [0.1, 0.15) is 11.6 Å². The van der Waals surface area contributed by atoms with E-state index in [1.807, 2.05) is 28.7 Å². The molecule has 2 rings (SSSR count). The lowest BCUT2D eigenvalue weighted by molar-refractivity contribution is 0.468. The van der Waals surface area contributed by atoms with Crippen LogP contribution in [0.15, 0.2) is 40.9 Å². The fraction of sp³-hybridized carbons (Fsp3) is 0. The van der Waals surface area contributed by atoms with Crippen LogP contribution in [0.2, 0.25) is 0 Å². The predicted molar refractivity (Wildman–Crippen MR) is 88.4 cm³/mol. The number of hydrogen-bond acceptors (Lipinski definition) is 2. The van der Waals surface area contributed by atoms with E-state index in [0.717, 1.165) is 0 Å². The van der Waals surface area contributed by atoms with Crippen LogP contribution in [-0.4, -0.2) is 5.11 Å². The highest BCUT2D eigenvalue weighted by atomic mass is 127. The van der Waals surface area contributed by atoms with Gasteiger partial charge in [0.05, 0.1) is 19.7 Å². The Morgan fingerprint density at radius 1 is 1.35 bits per heavy atom. The van der Waals surface area contributed by atoms with Crippen molar-refractivity contribution in [3.05, 3.63) is 61.4 Å². The summed E-state index contributed by atoms with van der Waals surface area (Å²) in [5.74, 6) is -0.292. The minimum Gasteiger partial charge on any atom is -0.506 e. The first-order chi connectivity index (χ1) is 9.52. The number of benzene rings is 2. The number of phenols is 1. The Bertz CT molecular complexity index is 714. The van der Waals surface area contributed by atoms with E-state index in [-0.39, 0.29) is 16.9 Å². The molecule has 2 nitrogen and oxygen atoms in total. The molecule has 0 bridgehead atoms. The van der Waals surface area contributed by atoms with Crippen LogP contribution < -0.4 is 0 Å². The summed E-state index contributed by atoms with van der Waals surface area (Å²) < 4.78 is 14.9. The molecule has 0 saturated heterocycles. The van der Waals surface area contributed by atoms with Gasteiger partial charge in [0.25, 0.3) is 0 Å². The molecule has 0 amide bonds. The van der Waals surface area contributed by atoms with Crippen LogP contribution in [0.3, 0.4) is 0 Å². The lowest BCUT2D eigenvalue weighted by Gasteiger charge is -2.04. The molecule has 0 aromatic heterocycles. The molecule has 20 heavy (non-hydrogen) atoms. The number of nitriles is 1. The molecule has 100 valence electrons. The van der Waals surface area contributed by atoms with Gasteiger partial charge in [-0.1, -0.05) is 18.2 Å². The Balaban J connectivity index is 2.53. The fourth-order valence-corrected chi connectivity index (χ4v) is 3.18. The van der Waals surface area contributed by atoms with Gasteiger partial charge < -0.3 is 5.11 Å². The van der Waals surface area contributed by atoms with E-state index in [0.29, 0.717) is 13.6 Å². The molecule has 0 aliphatic rings. The largest absolute Gasteiger partial charge is 0.506 e. The number of nitrogens with zero attached hydrogens (tertiary/aromatic N) is 1. The second-order valence-electron chi connectivity index (χ2n) is 3.98. The Labute approximate surface area is 137 Å². The topological polar surface area (TPSA) is 44.0 Å². The highest BCUT2D eigenvalue weighted by Crippen LogP contribution is 2.32. The zero-order valence-corrected chi connectivity index (χ0v) is 13.8. The van der Waals surface area contributed by atoms with Crippen LogP contribution in [0.25, 0.3) is 11.6 Å². The molecule has 2 aromatic carbocycles. The third-order valence-electron chi connectivity index (χ3n) is 2.63. The molecule has 0 radical (unpaired) electrons. The highest BCUT2D eigenvalue weighted by molar-refractivity contribution is 14.1. The monoisotopic (exact) mass is 443 g/mol. The third-order valence-corrected chi connectivity index (χ3v) is 4.06. The fourth-order valence-electron chi connectivity index (χ4n) is 1.69. The second kappa shape index (κ2) is 6.37. The van der Waals surface area contributed by atoms with E-state index in [2.05, 4.69) is 15.9 Å². The van der Waals surface area contributed by atoms with Crippen molar-refractivity contribution >= 4 is 50.2 Å².